The third-order valence-electron chi connectivity index (χ3n) is 5.00. The van der Waals surface area contributed by atoms with Gasteiger partial charge in [-0.05, 0) is 50.5 Å². The van der Waals surface area contributed by atoms with Crippen molar-refractivity contribution in [3.05, 3.63) is 68.7 Å². The van der Waals surface area contributed by atoms with E-state index in [-0.39, 0.29) is 17.6 Å². The van der Waals surface area contributed by atoms with Gasteiger partial charge in [0.15, 0.2) is 0 Å². The third kappa shape index (κ3) is 3.30. The molecule has 1 fully saturated rings. The van der Waals surface area contributed by atoms with E-state index in [0.29, 0.717) is 17.7 Å². The minimum absolute atomic E-state index is 0.0351. The maximum absolute atomic E-state index is 13.2. The van der Waals surface area contributed by atoms with E-state index in [9.17, 15) is 14.9 Å². The van der Waals surface area contributed by atoms with Gasteiger partial charge in [-0.3, -0.25) is 14.9 Å². The van der Waals surface area contributed by atoms with Gasteiger partial charge in [0.25, 0.3) is 11.6 Å². The SMILES string of the molecule is Cc1cc(C(=O)N2CCCCC2c2nc3ccccc3s2)ccc1[N+](=O)[O-]. The number of benzene rings is 2. The van der Waals surface area contributed by atoms with Crippen molar-refractivity contribution in [1.29, 1.82) is 0 Å². The smallest absolute Gasteiger partial charge is 0.272 e. The number of amides is 1. The number of likely N-dealkylation sites (tertiary alicyclic amines) is 1. The first-order valence-corrected chi connectivity index (χ1v) is 9.78. The number of fused-ring (bicyclic) bond motifs is 1. The third-order valence-corrected chi connectivity index (χ3v) is 6.14. The van der Waals surface area contributed by atoms with Gasteiger partial charge in [0, 0.05) is 23.7 Å². The lowest BCUT2D eigenvalue weighted by atomic mass is 10.0. The Labute approximate surface area is 160 Å². The number of para-hydroxylation sites is 1. The number of hydrogen-bond acceptors (Lipinski definition) is 5. The summed E-state index contributed by atoms with van der Waals surface area (Å²) in [4.78, 5) is 30.4. The van der Waals surface area contributed by atoms with Crippen LogP contribution in [0.5, 0.6) is 0 Å². The molecule has 0 aliphatic carbocycles. The van der Waals surface area contributed by atoms with Crippen molar-refractivity contribution in [3.63, 3.8) is 0 Å². The number of nitro groups is 1. The molecule has 1 unspecified atom stereocenters. The van der Waals surface area contributed by atoms with E-state index >= 15 is 0 Å². The lowest BCUT2D eigenvalue weighted by Crippen LogP contribution is -2.38. The zero-order valence-electron chi connectivity index (χ0n) is 14.9. The number of thiazole rings is 1. The van der Waals surface area contributed by atoms with Crippen LogP contribution in [0.25, 0.3) is 10.2 Å². The molecule has 0 N–H and O–H groups in total. The van der Waals surface area contributed by atoms with Gasteiger partial charge in [-0.15, -0.1) is 11.3 Å². The molecule has 2 aromatic carbocycles. The Morgan fingerprint density at radius 3 is 2.81 bits per heavy atom. The second-order valence-electron chi connectivity index (χ2n) is 6.79. The molecular weight excluding hydrogens is 362 g/mol. The van der Waals surface area contributed by atoms with E-state index < -0.39 is 4.92 Å². The van der Waals surface area contributed by atoms with E-state index in [2.05, 4.69) is 0 Å². The van der Waals surface area contributed by atoms with Gasteiger partial charge >= 0.3 is 0 Å². The number of nitrogens with zero attached hydrogens (tertiary/aromatic N) is 3. The van der Waals surface area contributed by atoms with Crippen molar-refractivity contribution < 1.29 is 9.72 Å². The summed E-state index contributed by atoms with van der Waals surface area (Å²) in [5, 5.41) is 12.0. The fraction of sp³-hybridized carbons (Fsp3) is 0.300. The molecule has 1 amide bonds. The second kappa shape index (κ2) is 7.08. The Morgan fingerprint density at radius 2 is 2.07 bits per heavy atom. The van der Waals surface area contributed by atoms with Crippen molar-refractivity contribution in [2.75, 3.05) is 6.54 Å². The zero-order valence-corrected chi connectivity index (χ0v) is 15.7. The summed E-state index contributed by atoms with van der Waals surface area (Å²) in [7, 11) is 0. The Hall–Kier alpha value is -2.80. The van der Waals surface area contributed by atoms with Crippen LogP contribution in [-0.2, 0) is 0 Å². The fourth-order valence-corrected chi connectivity index (χ4v) is 4.74. The molecule has 27 heavy (non-hydrogen) atoms. The molecule has 0 bridgehead atoms. The van der Waals surface area contributed by atoms with Gasteiger partial charge in [0.05, 0.1) is 21.2 Å². The monoisotopic (exact) mass is 381 g/mol. The first kappa shape index (κ1) is 17.6. The lowest BCUT2D eigenvalue weighted by Gasteiger charge is -2.34. The minimum Gasteiger partial charge on any atom is -0.329 e. The molecule has 0 radical (unpaired) electrons. The topological polar surface area (TPSA) is 76.3 Å². The van der Waals surface area contributed by atoms with Crippen LogP contribution in [0.15, 0.2) is 42.5 Å². The summed E-state index contributed by atoms with van der Waals surface area (Å²) in [5.41, 5.74) is 1.99. The predicted octanol–water partition coefficient (Wildman–Crippen LogP) is 4.88. The Morgan fingerprint density at radius 1 is 1.26 bits per heavy atom. The summed E-state index contributed by atoms with van der Waals surface area (Å²) < 4.78 is 1.12. The first-order valence-electron chi connectivity index (χ1n) is 8.96. The summed E-state index contributed by atoms with van der Waals surface area (Å²) in [6.07, 6.45) is 2.90. The molecule has 1 aliphatic heterocycles. The van der Waals surface area contributed by atoms with Crippen molar-refractivity contribution in [1.82, 2.24) is 9.88 Å². The first-order chi connectivity index (χ1) is 13.0. The number of hydrogen-bond donors (Lipinski definition) is 0. The zero-order chi connectivity index (χ0) is 19.0. The van der Waals surface area contributed by atoms with Gasteiger partial charge in [-0.2, -0.15) is 0 Å². The van der Waals surface area contributed by atoms with E-state index in [1.54, 1.807) is 30.4 Å². The highest BCUT2D eigenvalue weighted by atomic mass is 32.1. The quantitative estimate of drug-likeness (QED) is 0.478. The van der Waals surface area contributed by atoms with Crippen LogP contribution in [0.2, 0.25) is 0 Å². The average Bonchev–Trinajstić information content (AvgIpc) is 3.11. The molecule has 6 nitrogen and oxygen atoms in total. The number of carbonyl (C=O) groups is 1. The number of aryl methyl sites for hydroxylation is 1. The van der Waals surface area contributed by atoms with Crippen LogP contribution in [0.1, 0.15) is 46.2 Å². The minimum atomic E-state index is -0.422. The Bertz CT molecular complexity index is 997. The molecule has 0 spiro atoms. The summed E-state index contributed by atoms with van der Waals surface area (Å²) in [6, 6.07) is 12.5. The van der Waals surface area contributed by atoms with Crippen LogP contribution in [-0.4, -0.2) is 27.3 Å². The van der Waals surface area contributed by atoms with Crippen molar-refractivity contribution in [3.8, 4) is 0 Å². The highest BCUT2D eigenvalue weighted by Gasteiger charge is 2.31. The summed E-state index contributed by atoms with van der Waals surface area (Å²) in [6.45, 7) is 2.34. The highest BCUT2D eigenvalue weighted by Crippen LogP contribution is 2.36. The average molecular weight is 381 g/mol. The van der Waals surface area contributed by atoms with Gasteiger partial charge in [0.1, 0.15) is 5.01 Å². The van der Waals surface area contributed by atoms with Crippen LogP contribution in [0.3, 0.4) is 0 Å². The van der Waals surface area contributed by atoms with E-state index in [0.717, 1.165) is 34.5 Å². The van der Waals surface area contributed by atoms with E-state index in [1.165, 1.54) is 6.07 Å². The molecule has 0 saturated carbocycles. The van der Waals surface area contributed by atoms with Crippen LogP contribution in [0.4, 0.5) is 5.69 Å². The second-order valence-corrected chi connectivity index (χ2v) is 7.85. The summed E-state index contributed by atoms with van der Waals surface area (Å²) in [5.74, 6) is -0.0862. The molecular formula is C20H19N3O3S. The van der Waals surface area contributed by atoms with Crippen molar-refractivity contribution in [2.45, 2.75) is 32.2 Å². The van der Waals surface area contributed by atoms with Gasteiger partial charge in [0.2, 0.25) is 0 Å². The molecule has 1 atom stereocenters. The fourth-order valence-electron chi connectivity index (χ4n) is 3.62. The van der Waals surface area contributed by atoms with Crippen LogP contribution < -0.4 is 0 Å². The predicted molar refractivity (Wildman–Crippen MR) is 105 cm³/mol. The van der Waals surface area contributed by atoms with Crippen molar-refractivity contribution in [2.24, 2.45) is 0 Å². The molecule has 1 aliphatic rings. The molecule has 1 saturated heterocycles. The normalized spacial score (nSPS) is 17.2. The molecule has 138 valence electrons. The van der Waals surface area contributed by atoms with E-state index in [4.69, 9.17) is 4.98 Å². The summed E-state index contributed by atoms with van der Waals surface area (Å²) >= 11 is 1.64. The number of nitro benzene ring substituents is 1. The molecule has 3 aromatic rings. The number of aromatic nitrogens is 1. The standard InChI is InChI=1S/C20H19N3O3S/c1-13-12-14(9-10-16(13)23(25)26)20(24)22-11-5-4-7-17(22)19-21-15-6-2-3-8-18(15)27-19/h2-3,6,8-10,12,17H,4-5,7,11H2,1H3. The number of rotatable bonds is 3. The van der Waals surface area contributed by atoms with Gasteiger partial charge < -0.3 is 4.90 Å². The number of piperidine rings is 1. The number of carbonyl (C=O) groups excluding carboxylic acids is 1. The molecule has 7 heteroatoms. The van der Waals surface area contributed by atoms with Gasteiger partial charge in [-0.1, -0.05) is 12.1 Å². The van der Waals surface area contributed by atoms with Crippen molar-refractivity contribution >= 4 is 33.1 Å². The molecule has 1 aromatic heterocycles. The van der Waals surface area contributed by atoms with Crippen LogP contribution >= 0.6 is 11.3 Å². The van der Waals surface area contributed by atoms with Gasteiger partial charge in [-0.25, -0.2) is 4.98 Å². The highest BCUT2D eigenvalue weighted by molar-refractivity contribution is 7.18. The Balaban J connectivity index is 1.66. The molecule has 2 heterocycles. The Kier molecular flexibility index (Phi) is 4.61. The maximum atomic E-state index is 13.2. The van der Waals surface area contributed by atoms with Crippen LogP contribution in [0, 0.1) is 17.0 Å². The molecule has 4 rings (SSSR count). The maximum Gasteiger partial charge on any atom is 0.272 e. The largest absolute Gasteiger partial charge is 0.329 e. The van der Waals surface area contributed by atoms with E-state index in [1.807, 2.05) is 29.2 Å². The lowest BCUT2D eigenvalue weighted by molar-refractivity contribution is -0.385.